The average molecular weight is 290 g/mol. The monoisotopic (exact) mass is 290 g/mol. The minimum absolute atomic E-state index is 0.0605. The fourth-order valence-corrected chi connectivity index (χ4v) is 3.61. The third kappa shape index (κ3) is 2.46. The van der Waals surface area contributed by atoms with Gasteiger partial charge in [-0.05, 0) is 31.2 Å². The first-order valence-electron chi connectivity index (χ1n) is 7.88. The summed E-state index contributed by atoms with van der Waals surface area (Å²) in [7, 11) is 0. The molecule has 21 heavy (non-hydrogen) atoms. The highest BCUT2D eigenvalue weighted by Gasteiger charge is 2.55. The molecule has 1 saturated heterocycles. The first kappa shape index (κ1) is 14.5. The normalized spacial score (nSPS) is 26.9. The van der Waals surface area contributed by atoms with E-state index in [9.17, 15) is 9.18 Å². The second kappa shape index (κ2) is 5.41. The third-order valence-electron chi connectivity index (χ3n) is 4.99. The Morgan fingerprint density at radius 2 is 2.10 bits per heavy atom. The standard InChI is InChI=1S/C17H23FN2O/c1-2-5-12-10-20(11-15(12)19)16(21)17(8-9-17)13-6-3-4-7-14(13)18/h3-4,6-7,12,15H,2,5,8-11,19H2,1H3/t12-,15-/m0/s1. The van der Waals surface area contributed by atoms with Crippen LogP contribution in [-0.2, 0) is 10.2 Å². The smallest absolute Gasteiger partial charge is 0.233 e. The Hall–Kier alpha value is -1.42. The van der Waals surface area contributed by atoms with Crippen LogP contribution in [0.5, 0.6) is 0 Å². The van der Waals surface area contributed by atoms with Crippen LogP contribution < -0.4 is 5.73 Å². The molecular weight excluding hydrogens is 267 g/mol. The molecule has 1 heterocycles. The lowest BCUT2D eigenvalue weighted by Crippen LogP contribution is -2.39. The SMILES string of the molecule is CCC[C@H]1CN(C(=O)C2(c3ccccc3F)CC2)C[C@@H]1N. The number of hydrogen-bond acceptors (Lipinski definition) is 2. The molecule has 114 valence electrons. The lowest BCUT2D eigenvalue weighted by Gasteiger charge is -2.24. The van der Waals surface area contributed by atoms with Crippen molar-refractivity contribution < 1.29 is 9.18 Å². The number of amides is 1. The maximum Gasteiger partial charge on any atom is 0.233 e. The lowest BCUT2D eigenvalue weighted by molar-refractivity contribution is -0.133. The summed E-state index contributed by atoms with van der Waals surface area (Å²) in [4.78, 5) is 14.7. The quantitative estimate of drug-likeness (QED) is 0.926. The van der Waals surface area contributed by atoms with Crippen LogP contribution in [0.25, 0.3) is 0 Å². The molecule has 4 heteroatoms. The Morgan fingerprint density at radius 3 is 2.71 bits per heavy atom. The van der Waals surface area contributed by atoms with Crippen LogP contribution in [0.3, 0.4) is 0 Å². The summed E-state index contributed by atoms with van der Waals surface area (Å²) in [6.45, 7) is 3.47. The van der Waals surface area contributed by atoms with Crippen molar-refractivity contribution in [3.05, 3.63) is 35.6 Å². The second-order valence-electron chi connectivity index (χ2n) is 6.48. The number of hydrogen-bond donors (Lipinski definition) is 1. The van der Waals surface area contributed by atoms with Gasteiger partial charge in [0.05, 0.1) is 5.41 Å². The Morgan fingerprint density at radius 1 is 1.38 bits per heavy atom. The van der Waals surface area contributed by atoms with E-state index in [1.54, 1.807) is 18.2 Å². The first-order chi connectivity index (χ1) is 10.1. The lowest BCUT2D eigenvalue weighted by atomic mass is 9.93. The van der Waals surface area contributed by atoms with Crippen LogP contribution >= 0.6 is 0 Å². The van der Waals surface area contributed by atoms with E-state index in [-0.39, 0.29) is 17.8 Å². The van der Waals surface area contributed by atoms with Gasteiger partial charge in [-0.3, -0.25) is 4.79 Å². The zero-order chi connectivity index (χ0) is 15.0. The highest BCUT2D eigenvalue weighted by molar-refractivity contribution is 5.91. The largest absolute Gasteiger partial charge is 0.340 e. The van der Waals surface area contributed by atoms with E-state index in [0.717, 1.165) is 32.2 Å². The first-order valence-corrected chi connectivity index (χ1v) is 7.88. The fraction of sp³-hybridized carbons (Fsp3) is 0.588. The van der Waals surface area contributed by atoms with Crippen LogP contribution in [0.1, 0.15) is 38.2 Å². The molecule has 1 saturated carbocycles. The average Bonchev–Trinajstić information content (AvgIpc) is 3.19. The van der Waals surface area contributed by atoms with E-state index in [2.05, 4.69) is 6.92 Å². The van der Waals surface area contributed by atoms with Gasteiger partial charge >= 0.3 is 0 Å². The second-order valence-corrected chi connectivity index (χ2v) is 6.48. The van der Waals surface area contributed by atoms with E-state index in [0.29, 0.717) is 18.0 Å². The van der Waals surface area contributed by atoms with Crippen molar-refractivity contribution in [2.75, 3.05) is 13.1 Å². The summed E-state index contributed by atoms with van der Waals surface area (Å²) in [5.41, 5.74) is 6.10. The molecule has 1 aliphatic carbocycles. The van der Waals surface area contributed by atoms with Gasteiger partial charge in [0.25, 0.3) is 0 Å². The number of likely N-dealkylation sites (tertiary alicyclic amines) is 1. The molecule has 2 N–H and O–H groups in total. The summed E-state index contributed by atoms with van der Waals surface area (Å²) >= 11 is 0. The van der Waals surface area contributed by atoms with Gasteiger partial charge in [0.2, 0.25) is 5.91 Å². The van der Waals surface area contributed by atoms with E-state index < -0.39 is 5.41 Å². The molecule has 1 aliphatic heterocycles. The molecule has 1 aromatic carbocycles. The Bertz CT molecular complexity index is 541. The van der Waals surface area contributed by atoms with Gasteiger partial charge in [0.15, 0.2) is 0 Å². The third-order valence-corrected chi connectivity index (χ3v) is 4.99. The highest BCUT2D eigenvalue weighted by atomic mass is 19.1. The molecule has 0 bridgehead atoms. The highest BCUT2D eigenvalue weighted by Crippen LogP contribution is 2.51. The summed E-state index contributed by atoms with van der Waals surface area (Å²) < 4.78 is 14.1. The van der Waals surface area contributed by atoms with Crippen molar-refractivity contribution in [3.63, 3.8) is 0 Å². The maximum atomic E-state index is 14.1. The van der Waals surface area contributed by atoms with E-state index in [1.165, 1.54) is 6.07 Å². The Balaban J connectivity index is 1.79. The molecule has 1 aromatic rings. The van der Waals surface area contributed by atoms with E-state index in [1.807, 2.05) is 4.90 Å². The van der Waals surface area contributed by atoms with E-state index >= 15 is 0 Å². The van der Waals surface area contributed by atoms with Crippen molar-refractivity contribution in [2.24, 2.45) is 11.7 Å². The number of nitrogens with two attached hydrogens (primary N) is 1. The molecule has 0 unspecified atom stereocenters. The molecule has 0 aromatic heterocycles. The molecule has 2 fully saturated rings. The Labute approximate surface area is 125 Å². The maximum absolute atomic E-state index is 14.1. The Kier molecular flexibility index (Phi) is 3.74. The minimum Gasteiger partial charge on any atom is -0.340 e. The van der Waals surface area contributed by atoms with Gasteiger partial charge in [0.1, 0.15) is 5.82 Å². The molecule has 0 radical (unpaired) electrons. The minimum atomic E-state index is -0.619. The van der Waals surface area contributed by atoms with Crippen LogP contribution in [0.15, 0.2) is 24.3 Å². The zero-order valence-corrected chi connectivity index (χ0v) is 12.5. The van der Waals surface area contributed by atoms with Crippen LogP contribution in [0.2, 0.25) is 0 Å². The summed E-state index contributed by atoms with van der Waals surface area (Å²) in [6, 6.07) is 6.73. The van der Waals surface area contributed by atoms with Crippen molar-refractivity contribution >= 4 is 5.91 Å². The number of nitrogens with zero attached hydrogens (tertiary/aromatic N) is 1. The number of carbonyl (C=O) groups excluding carboxylic acids is 1. The summed E-state index contributed by atoms with van der Waals surface area (Å²) in [5.74, 6) is 0.189. The van der Waals surface area contributed by atoms with Gasteiger partial charge in [-0.15, -0.1) is 0 Å². The predicted octanol–water partition coefficient (Wildman–Crippen LogP) is 2.44. The predicted molar refractivity (Wildman–Crippen MR) is 80.3 cm³/mol. The van der Waals surface area contributed by atoms with Crippen LogP contribution in [0.4, 0.5) is 4.39 Å². The number of benzene rings is 1. The molecule has 3 nitrogen and oxygen atoms in total. The van der Waals surface area contributed by atoms with Gasteiger partial charge in [-0.25, -0.2) is 4.39 Å². The van der Waals surface area contributed by atoms with Crippen LogP contribution in [0, 0.1) is 11.7 Å². The fourth-order valence-electron chi connectivity index (χ4n) is 3.61. The molecule has 2 atom stereocenters. The molecular formula is C17H23FN2O. The van der Waals surface area contributed by atoms with E-state index in [4.69, 9.17) is 5.73 Å². The van der Waals surface area contributed by atoms with Crippen molar-refractivity contribution in [1.82, 2.24) is 4.90 Å². The molecule has 0 spiro atoms. The van der Waals surface area contributed by atoms with Crippen molar-refractivity contribution in [2.45, 2.75) is 44.1 Å². The van der Waals surface area contributed by atoms with Crippen molar-refractivity contribution in [1.29, 1.82) is 0 Å². The van der Waals surface area contributed by atoms with Gasteiger partial charge in [-0.2, -0.15) is 0 Å². The van der Waals surface area contributed by atoms with Gasteiger partial charge in [0, 0.05) is 24.7 Å². The molecule has 2 aliphatic rings. The topological polar surface area (TPSA) is 46.3 Å². The molecule has 1 amide bonds. The number of rotatable bonds is 4. The zero-order valence-electron chi connectivity index (χ0n) is 12.5. The summed E-state index contributed by atoms with van der Waals surface area (Å²) in [5, 5.41) is 0. The van der Waals surface area contributed by atoms with Gasteiger partial charge < -0.3 is 10.6 Å². The number of halogens is 1. The van der Waals surface area contributed by atoms with Crippen LogP contribution in [-0.4, -0.2) is 29.9 Å². The number of carbonyl (C=O) groups is 1. The molecule has 3 rings (SSSR count). The summed E-state index contributed by atoms with van der Waals surface area (Å²) in [6.07, 6.45) is 3.63. The van der Waals surface area contributed by atoms with Gasteiger partial charge in [-0.1, -0.05) is 31.5 Å². The van der Waals surface area contributed by atoms with Crippen molar-refractivity contribution in [3.8, 4) is 0 Å².